The minimum atomic E-state index is 0.0431. The number of hydrogen-bond acceptors (Lipinski definition) is 3. The zero-order valence-corrected chi connectivity index (χ0v) is 14.5. The van der Waals surface area contributed by atoms with Crippen molar-refractivity contribution in [2.75, 3.05) is 0 Å². The van der Waals surface area contributed by atoms with Crippen LogP contribution in [0.25, 0.3) is 10.9 Å². The van der Waals surface area contributed by atoms with Gasteiger partial charge in [-0.1, -0.05) is 47.7 Å². The minimum absolute atomic E-state index is 0.0431. The Kier molecular flexibility index (Phi) is 4.53. The molecule has 0 aliphatic carbocycles. The van der Waals surface area contributed by atoms with Crippen LogP contribution >= 0.6 is 11.8 Å². The Balaban J connectivity index is 1.99. The smallest absolute Gasteiger partial charge is 0.262 e. The van der Waals surface area contributed by atoms with Crippen LogP contribution in [-0.2, 0) is 12.3 Å². The second kappa shape index (κ2) is 6.59. The van der Waals surface area contributed by atoms with E-state index in [1.165, 1.54) is 16.7 Å². The van der Waals surface area contributed by atoms with Crippen LogP contribution < -0.4 is 5.56 Å². The van der Waals surface area contributed by atoms with Crippen LogP contribution in [0.2, 0.25) is 0 Å². The highest BCUT2D eigenvalue weighted by atomic mass is 32.2. The summed E-state index contributed by atoms with van der Waals surface area (Å²) in [5, 5.41) is 1.47. The highest BCUT2D eigenvalue weighted by Crippen LogP contribution is 2.24. The lowest BCUT2D eigenvalue weighted by Crippen LogP contribution is -2.22. The lowest BCUT2D eigenvalue weighted by molar-refractivity contribution is 0.634. The molecule has 3 rings (SSSR count). The van der Waals surface area contributed by atoms with Gasteiger partial charge in [0.25, 0.3) is 5.56 Å². The van der Waals surface area contributed by atoms with E-state index in [1.54, 1.807) is 16.3 Å². The Labute approximate surface area is 140 Å². The number of para-hydroxylation sites is 1. The maximum absolute atomic E-state index is 12.6. The first-order valence-electron chi connectivity index (χ1n) is 7.78. The molecule has 0 atom stereocenters. The van der Waals surface area contributed by atoms with Crippen molar-refractivity contribution in [1.29, 1.82) is 0 Å². The van der Waals surface area contributed by atoms with E-state index in [1.807, 2.05) is 31.2 Å². The van der Waals surface area contributed by atoms with Gasteiger partial charge in [-0.15, -0.1) is 0 Å². The normalized spacial score (nSPS) is 11.1. The largest absolute Gasteiger partial charge is 0.287 e. The van der Waals surface area contributed by atoms with Gasteiger partial charge in [0.05, 0.1) is 10.9 Å². The Morgan fingerprint density at radius 2 is 1.91 bits per heavy atom. The predicted octanol–water partition coefficient (Wildman–Crippen LogP) is 4.33. The molecule has 0 fully saturated rings. The molecule has 0 aliphatic heterocycles. The molecule has 3 nitrogen and oxygen atoms in total. The molecule has 2 aromatic carbocycles. The van der Waals surface area contributed by atoms with Gasteiger partial charge in [0.1, 0.15) is 0 Å². The zero-order chi connectivity index (χ0) is 16.4. The van der Waals surface area contributed by atoms with Gasteiger partial charge in [0.15, 0.2) is 5.16 Å². The Bertz CT molecular complexity index is 915. The van der Waals surface area contributed by atoms with E-state index < -0.39 is 0 Å². The molecular weight excluding hydrogens is 304 g/mol. The molecule has 1 heterocycles. The molecular formula is C19H20N2OS. The fourth-order valence-electron chi connectivity index (χ4n) is 2.63. The van der Waals surface area contributed by atoms with Crippen LogP contribution in [0, 0.1) is 13.8 Å². The fraction of sp³-hybridized carbons (Fsp3) is 0.263. The van der Waals surface area contributed by atoms with E-state index >= 15 is 0 Å². The van der Waals surface area contributed by atoms with Crippen molar-refractivity contribution in [3.05, 3.63) is 69.5 Å². The first-order chi connectivity index (χ1) is 11.1. The summed E-state index contributed by atoms with van der Waals surface area (Å²) < 4.78 is 1.76. The fourth-order valence-corrected chi connectivity index (χ4v) is 3.76. The molecule has 3 aromatic rings. The SMILES string of the molecule is CCn1c(SCc2cc(C)ccc2C)nc2ccccc2c1=O. The molecule has 0 saturated carbocycles. The lowest BCUT2D eigenvalue weighted by atomic mass is 10.1. The molecule has 1 aromatic heterocycles. The standard InChI is InChI=1S/C19H20N2OS/c1-4-21-18(22)16-7-5-6-8-17(16)20-19(21)23-12-15-11-13(2)9-10-14(15)3/h5-11H,4,12H2,1-3H3. The van der Waals surface area contributed by atoms with Gasteiger partial charge in [0.2, 0.25) is 0 Å². The molecule has 118 valence electrons. The average Bonchev–Trinajstić information content (AvgIpc) is 2.56. The van der Waals surface area contributed by atoms with Gasteiger partial charge in [-0.05, 0) is 44.0 Å². The Morgan fingerprint density at radius 3 is 2.70 bits per heavy atom. The van der Waals surface area contributed by atoms with E-state index in [9.17, 15) is 4.79 Å². The quantitative estimate of drug-likeness (QED) is 0.529. The first-order valence-corrected chi connectivity index (χ1v) is 8.77. The molecule has 0 unspecified atom stereocenters. The third-order valence-electron chi connectivity index (χ3n) is 4.00. The van der Waals surface area contributed by atoms with Crippen LogP contribution in [0.15, 0.2) is 52.4 Å². The van der Waals surface area contributed by atoms with Crippen LogP contribution in [0.1, 0.15) is 23.6 Å². The van der Waals surface area contributed by atoms with Crippen LogP contribution in [-0.4, -0.2) is 9.55 Å². The van der Waals surface area contributed by atoms with Crippen molar-refractivity contribution in [2.24, 2.45) is 0 Å². The van der Waals surface area contributed by atoms with Crippen molar-refractivity contribution < 1.29 is 0 Å². The van der Waals surface area contributed by atoms with Gasteiger partial charge in [0, 0.05) is 12.3 Å². The van der Waals surface area contributed by atoms with Crippen LogP contribution in [0.5, 0.6) is 0 Å². The second-order valence-corrected chi connectivity index (χ2v) is 6.62. The summed E-state index contributed by atoms with van der Waals surface area (Å²) in [5.41, 5.74) is 4.63. The summed E-state index contributed by atoms with van der Waals surface area (Å²) in [6, 6.07) is 14.0. The molecule has 23 heavy (non-hydrogen) atoms. The predicted molar refractivity (Wildman–Crippen MR) is 97.2 cm³/mol. The number of rotatable bonds is 4. The summed E-state index contributed by atoms with van der Waals surface area (Å²) in [4.78, 5) is 17.3. The first kappa shape index (κ1) is 15.8. The number of nitrogens with zero attached hydrogens (tertiary/aromatic N) is 2. The summed E-state index contributed by atoms with van der Waals surface area (Å²) >= 11 is 1.63. The van der Waals surface area contributed by atoms with Crippen LogP contribution in [0.3, 0.4) is 0 Å². The Hall–Kier alpha value is -2.07. The summed E-state index contributed by atoms with van der Waals surface area (Å²) in [7, 11) is 0. The highest BCUT2D eigenvalue weighted by Gasteiger charge is 2.11. The Morgan fingerprint density at radius 1 is 1.13 bits per heavy atom. The third-order valence-corrected chi connectivity index (χ3v) is 5.03. The van der Waals surface area contributed by atoms with E-state index in [-0.39, 0.29) is 5.56 Å². The van der Waals surface area contributed by atoms with Crippen LogP contribution in [0.4, 0.5) is 0 Å². The average molecular weight is 324 g/mol. The number of benzene rings is 2. The van der Waals surface area contributed by atoms with E-state index in [0.29, 0.717) is 11.9 Å². The summed E-state index contributed by atoms with van der Waals surface area (Å²) in [5.74, 6) is 0.818. The van der Waals surface area contributed by atoms with E-state index in [4.69, 9.17) is 4.98 Å². The van der Waals surface area contributed by atoms with Gasteiger partial charge >= 0.3 is 0 Å². The van der Waals surface area contributed by atoms with Crippen molar-refractivity contribution in [1.82, 2.24) is 9.55 Å². The molecule has 0 N–H and O–H groups in total. The van der Waals surface area contributed by atoms with Crippen molar-refractivity contribution in [3.63, 3.8) is 0 Å². The minimum Gasteiger partial charge on any atom is -0.287 e. The third kappa shape index (κ3) is 3.17. The number of aromatic nitrogens is 2. The van der Waals surface area contributed by atoms with Gasteiger partial charge < -0.3 is 0 Å². The molecule has 4 heteroatoms. The van der Waals surface area contributed by atoms with E-state index in [2.05, 4.69) is 32.0 Å². The monoisotopic (exact) mass is 324 g/mol. The van der Waals surface area contributed by atoms with E-state index in [0.717, 1.165) is 16.4 Å². The number of fused-ring (bicyclic) bond motifs is 1. The molecule has 0 aliphatic rings. The van der Waals surface area contributed by atoms with Gasteiger partial charge in [-0.25, -0.2) is 4.98 Å². The maximum atomic E-state index is 12.6. The summed E-state index contributed by atoms with van der Waals surface area (Å²) in [6.07, 6.45) is 0. The topological polar surface area (TPSA) is 34.9 Å². The lowest BCUT2D eigenvalue weighted by Gasteiger charge is -2.12. The molecule has 0 saturated heterocycles. The zero-order valence-electron chi connectivity index (χ0n) is 13.7. The summed E-state index contributed by atoms with van der Waals surface area (Å²) in [6.45, 7) is 6.84. The van der Waals surface area contributed by atoms with Gasteiger partial charge in [-0.2, -0.15) is 0 Å². The number of aryl methyl sites for hydroxylation is 2. The molecule has 0 amide bonds. The van der Waals surface area contributed by atoms with Crippen molar-refractivity contribution in [2.45, 2.75) is 38.2 Å². The number of thioether (sulfide) groups is 1. The number of hydrogen-bond donors (Lipinski definition) is 0. The van der Waals surface area contributed by atoms with Gasteiger partial charge in [-0.3, -0.25) is 9.36 Å². The molecule has 0 bridgehead atoms. The highest BCUT2D eigenvalue weighted by molar-refractivity contribution is 7.98. The van der Waals surface area contributed by atoms with Crippen molar-refractivity contribution in [3.8, 4) is 0 Å². The second-order valence-electron chi connectivity index (χ2n) is 5.68. The molecule has 0 radical (unpaired) electrons. The maximum Gasteiger partial charge on any atom is 0.262 e. The van der Waals surface area contributed by atoms with Crippen molar-refractivity contribution >= 4 is 22.7 Å². The molecule has 0 spiro atoms.